The maximum Gasteiger partial charge on any atom is 0.251 e. The molecular weight excluding hydrogens is 354 g/mol. The summed E-state index contributed by atoms with van der Waals surface area (Å²) in [5.74, 6) is -0.263. The van der Waals surface area contributed by atoms with Crippen LogP contribution in [-0.2, 0) is 0 Å². The molecule has 2 aromatic carbocycles. The first kappa shape index (κ1) is 16.5. The van der Waals surface area contributed by atoms with Crippen LogP contribution in [0.3, 0.4) is 0 Å². The van der Waals surface area contributed by atoms with Crippen LogP contribution in [0, 0.1) is 0 Å². The Morgan fingerprint density at radius 3 is 2.14 bits per heavy atom. The van der Waals surface area contributed by atoms with E-state index in [1.54, 1.807) is 30.6 Å². The van der Waals surface area contributed by atoms with Gasteiger partial charge in [0.15, 0.2) is 0 Å². The van der Waals surface area contributed by atoms with Crippen molar-refractivity contribution in [3.8, 4) is 0 Å². The van der Waals surface area contributed by atoms with Crippen LogP contribution >= 0.6 is 0 Å². The van der Waals surface area contributed by atoms with Gasteiger partial charge in [0, 0.05) is 35.3 Å². The highest BCUT2D eigenvalue weighted by molar-refractivity contribution is 6.21. The zero-order valence-corrected chi connectivity index (χ0v) is 14.8. The summed E-state index contributed by atoms with van der Waals surface area (Å²) in [7, 11) is 0. The Morgan fingerprint density at radius 2 is 1.50 bits per heavy atom. The number of pyridine rings is 2. The highest BCUT2D eigenvalue weighted by atomic mass is 16.3. The van der Waals surface area contributed by atoms with Crippen LogP contribution < -0.4 is 5.32 Å². The number of aliphatic hydroxyl groups is 1. The Hall–Kier alpha value is -3.71. The highest BCUT2D eigenvalue weighted by Gasteiger charge is 2.14. The van der Waals surface area contributed by atoms with E-state index in [1.807, 2.05) is 24.3 Å². The minimum Gasteiger partial charge on any atom is -0.395 e. The Morgan fingerprint density at radius 1 is 0.857 bits per heavy atom. The molecule has 0 saturated carbocycles. The standard InChI is InChI=1S/C21H15N5O2/c27-10-9-24-21(28)12-5-6-15-16(11-12)26-20-18-14(4-2-8-23-18)13-3-1-7-22-17(13)19(20)25-15/h1-8,11,27H,9-10H2,(H,24,28). The van der Waals surface area contributed by atoms with E-state index in [9.17, 15) is 4.79 Å². The average Bonchev–Trinajstić information content (AvgIpc) is 2.76. The summed E-state index contributed by atoms with van der Waals surface area (Å²) < 4.78 is 0. The van der Waals surface area contributed by atoms with Crippen molar-refractivity contribution in [3.63, 3.8) is 0 Å². The van der Waals surface area contributed by atoms with Gasteiger partial charge in [0.25, 0.3) is 5.91 Å². The van der Waals surface area contributed by atoms with Crippen LogP contribution in [0.1, 0.15) is 10.4 Å². The normalized spacial score (nSPS) is 11.5. The largest absolute Gasteiger partial charge is 0.395 e. The second kappa shape index (κ2) is 6.47. The number of nitrogens with zero attached hydrogens (tertiary/aromatic N) is 4. The minimum atomic E-state index is -0.263. The molecule has 0 aliphatic rings. The second-order valence-corrected chi connectivity index (χ2v) is 6.40. The number of rotatable bonds is 3. The molecule has 3 aromatic heterocycles. The maximum atomic E-state index is 12.2. The molecule has 0 unspecified atom stereocenters. The van der Waals surface area contributed by atoms with Gasteiger partial charge < -0.3 is 10.4 Å². The number of hydrogen-bond acceptors (Lipinski definition) is 6. The fourth-order valence-corrected chi connectivity index (χ4v) is 3.42. The molecule has 2 N–H and O–H groups in total. The third kappa shape index (κ3) is 2.52. The van der Waals surface area contributed by atoms with E-state index in [4.69, 9.17) is 15.1 Å². The molecule has 28 heavy (non-hydrogen) atoms. The number of carbonyl (C=O) groups is 1. The minimum absolute atomic E-state index is 0.110. The van der Waals surface area contributed by atoms with Gasteiger partial charge in [-0.15, -0.1) is 0 Å². The van der Waals surface area contributed by atoms with Crippen molar-refractivity contribution in [3.05, 3.63) is 60.4 Å². The number of nitrogens with one attached hydrogen (secondary N) is 1. The van der Waals surface area contributed by atoms with Gasteiger partial charge in [0.05, 0.1) is 28.7 Å². The first-order valence-corrected chi connectivity index (χ1v) is 8.88. The van der Waals surface area contributed by atoms with Crippen LogP contribution in [0.4, 0.5) is 0 Å². The number of hydrogen-bond donors (Lipinski definition) is 2. The molecule has 5 rings (SSSR count). The molecule has 0 saturated heterocycles. The Labute approximate surface area is 159 Å². The van der Waals surface area contributed by atoms with Crippen molar-refractivity contribution in [1.29, 1.82) is 0 Å². The second-order valence-electron chi connectivity index (χ2n) is 6.40. The van der Waals surface area contributed by atoms with Gasteiger partial charge in [0.2, 0.25) is 0 Å². The van der Waals surface area contributed by atoms with Gasteiger partial charge in [-0.1, -0.05) is 12.1 Å². The number of aromatic nitrogens is 4. The molecule has 7 heteroatoms. The van der Waals surface area contributed by atoms with E-state index in [-0.39, 0.29) is 19.1 Å². The van der Waals surface area contributed by atoms with Crippen molar-refractivity contribution >= 4 is 49.8 Å². The third-order valence-corrected chi connectivity index (χ3v) is 4.68. The summed E-state index contributed by atoms with van der Waals surface area (Å²) in [6.45, 7) is 0.0913. The van der Waals surface area contributed by atoms with Gasteiger partial charge in [-0.25, -0.2) is 9.97 Å². The maximum absolute atomic E-state index is 12.2. The third-order valence-electron chi connectivity index (χ3n) is 4.68. The summed E-state index contributed by atoms with van der Waals surface area (Å²) in [6, 6.07) is 13.0. The van der Waals surface area contributed by atoms with Crippen molar-refractivity contribution in [2.24, 2.45) is 0 Å². The van der Waals surface area contributed by atoms with Crippen LogP contribution in [0.5, 0.6) is 0 Å². The van der Waals surface area contributed by atoms with Crippen molar-refractivity contribution in [2.45, 2.75) is 0 Å². The number of fused-ring (bicyclic) bond motifs is 7. The van der Waals surface area contributed by atoms with Crippen molar-refractivity contribution in [1.82, 2.24) is 25.3 Å². The molecule has 7 nitrogen and oxygen atoms in total. The lowest BCUT2D eigenvalue weighted by atomic mass is 10.1. The summed E-state index contributed by atoms with van der Waals surface area (Å²) in [6.07, 6.45) is 3.47. The van der Waals surface area contributed by atoms with Gasteiger partial charge in [-0.05, 0) is 30.3 Å². The number of carbonyl (C=O) groups excluding carboxylic acids is 1. The van der Waals surface area contributed by atoms with Crippen molar-refractivity contribution in [2.75, 3.05) is 13.2 Å². The lowest BCUT2D eigenvalue weighted by Gasteiger charge is -2.09. The van der Waals surface area contributed by atoms with E-state index < -0.39 is 0 Å². The lowest BCUT2D eigenvalue weighted by Crippen LogP contribution is -2.26. The first-order valence-electron chi connectivity index (χ1n) is 8.88. The quantitative estimate of drug-likeness (QED) is 0.374. The fourth-order valence-electron chi connectivity index (χ4n) is 3.42. The van der Waals surface area contributed by atoms with Crippen LogP contribution in [0.15, 0.2) is 54.9 Å². The van der Waals surface area contributed by atoms with Gasteiger partial charge in [-0.3, -0.25) is 14.8 Å². The number of aliphatic hydroxyl groups excluding tert-OH is 1. The molecule has 0 fully saturated rings. The average molecular weight is 369 g/mol. The summed E-state index contributed by atoms with van der Waals surface area (Å²) in [5, 5.41) is 13.5. The molecule has 136 valence electrons. The van der Waals surface area contributed by atoms with E-state index >= 15 is 0 Å². The SMILES string of the molecule is O=C(NCCO)c1ccc2nc3c4ncccc4c4cccnc4c3nc2c1. The molecular formula is C21H15N5O2. The van der Waals surface area contributed by atoms with Gasteiger partial charge >= 0.3 is 0 Å². The van der Waals surface area contributed by atoms with E-state index in [0.717, 1.165) is 21.8 Å². The summed E-state index contributed by atoms with van der Waals surface area (Å²) in [4.78, 5) is 30.8. The van der Waals surface area contributed by atoms with Gasteiger partial charge in [-0.2, -0.15) is 0 Å². The molecule has 3 heterocycles. The smallest absolute Gasteiger partial charge is 0.251 e. The molecule has 0 aliphatic heterocycles. The zero-order valence-electron chi connectivity index (χ0n) is 14.8. The van der Waals surface area contributed by atoms with Crippen molar-refractivity contribution < 1.29 is 9.90 Å². The van der Waals surface area contributed by atoms with E-state index in [0.29, 0.717) is 27.6 Å². The lowest BCUT2D eigenvalue weighted by molar-refractivity contribution is 0.0945. The van der Waals surface area contributed by atoms with Crippen LogP contribution in [0.2, 0.25) is 0 Å². The predicted molar refractivity (Wildman–Crippen MR) is 107 cm³/mol. The van der Waals surface area contributed by atoms with E-state index in [1.165, 1.54) is 0 Å². The van der Waals surface area contributed by atoms with Crippen LogP contribution in [0.25, 0.3) is 43.9 Å². The topological polar surface area (TPSA) is 101 Å². The molecule has 0 spiro atoms. The zero-order chi connectivity index (χ0) is 19.1. The molecule has 0 aliphatic carbocycles. The van der Waals surface area contributed by atoms with Crippen LogP contribution in [-0.4, -0.2) is 44.1 Å². The van der Waals surface area contributed by atoms with Gasteiger partial charge in [0.1, 0.15) is 11.0 Å². The Bertz CT molecular complexity index is 1380. The molecule has 0 bridgehead atoms. The van der Waals surface area contributed by atoms with E-state index in [2.05, 4.69) is 15.3 Å². The number of benzene rings is 2. The fraction of sp³-hybridized carbons (Fsp3) is 0.0952. The first-order chi connectivity index (χ1) is 13.8. The molecule has 0 atom stereocenters. The predicted octanol–water partition coefficient (Wildman–Crippen LogP) is 2.60. The summed E-state index contributed by atoms with van der Waals surface area (Å²) >= 11 is 0. The molecule has 5 aromatic rings. The summed E-state index contributed by atoms with van der Waals surface area (Å²) in [5.41, 5.74) is 4.61. The number of amides is 1. The highest BCUT2D eigenvalue weighted by Crippen LogP contribution is 2.31. The molecule has 0 radical (unpaired) electrons. The monoisotopic (exact) mass is 369 g/mol. The Kier molecular flexibility index (Phi) is 3.80. The Balaban J connectivity index is 1.83. The molecule has 1 amide bonds.